The lowest BCUT2D eigenvalue weighted by molar-refractivity contribution is -0.115. The molecule has 0 saturated heterocycles. The third-order valence-corrected chi connectivity index (χ3v) is 3.28. The smallest absolute Gasteiger partial charge is 0.275 e. The molecule has 0 fully saturated rings. The Labute approximate surface area is 134 Å². The summed E-state index contributed by atoms with van der Waals surface area (Å²) >= 11 is 0. The van der Waals surface area contributed by atoms with Crippen LogP contribution in [0.3, 0.4) is 0 Å². The molecule has 0 bridgehead atoms. The summed E-state index contributed by atoms with van der Waals surface area (Å²) in [6.45, 7) is 0.218. The summed E-state index contributed by atoms with van der Waals surface area (Å²) < 4.78 is 10.7. The fraction of sp³-hybridized carbons (Fsp3) is 0.111. The number of benzene rings is 2. The number of nitrogens with one attached hydrogen (secondary N) is 1. The molecule has 5 heteroatoms. The Morgan fingerprint density at radius 2 is 1.78 bits per heavy atom. The zero-order valence-corrected chi connectivity index (χ0v) is 12.7. The summed E-state index contributed by atoms with van der Waals surface area (Å²) in [4.78, 5) is 16.2. The number of aliphatic imine (C=N–C) groups is 1. The summed E-state index contributed by atoms with van der Waals surface area (Å²) in [6, 6.07) is 16.8. The Balaban J connectivity index is 1.69. The number of amides is 1. The number of hydrogen-bond acceptors (Lipinski definition) is 4. The summed E-state index contributed by atoms with van der Waals surface area (Å²) in [7, 11) is 1.61. The van der Waals surface area contributed by atoms with Gasteiger partial charge in [-0.15, -0.1) is 0 Å². The van der Waals surface area contributed by atoms with E-state index < -0.39 is 0 Å². The van der Waals surface area contributed by atoms with Crippen LogP contribution in [0.4, 0.5) is 0 Å². The van der Waals surface area contributed by atoms with Crippen LogP contribution in [-0.4, -0.2) is 25.5 Å². The van der Waals surface area contributed by atoms with Gasteiger partial charge in [0.25, 0.3) is 5.91 Å². The molecule has 1 amide bonds. The van der Waals surface area contributed by atoms with Crippen LogP contribution in [0, 0.1) is 0 Å². The lowest BCUT2D eigenvalue weighted by Gasteiger charge is -2.04. The molecule has 0 unspecified atom stereocenters. The molecule has 116 valence electrons. The molecule has 0 aromatic heterocycles. The standard InChI is InChI=1S/C18H16N2O3/c1-22-14-9-7-13(8-10-14)11-16-18(21)20-17(19-16)12-23-15-5-3-2-4-6-15/h2-11H,12H2,1H3,(H,19,20,21)/b16-11+. The number of ether oxygens (including phenoxy) is 2. The van der Waals surface area contributed by atoms with Gasteiger partial charge in [0.05, 0.1) is 7.11 Å². The van der Waals surface area contributed by atoms with E-state index in [0.717, 1.165) is 17.1 Å². The number of hydrogen-bond donors (Lipinski definition) is 1. The van der Waals surface area contributed by atoms with Gasteiger partial charge in [0.2, 0.25) is 0 Å². The molecular weight excluding hydrogens is 292 g/mol. The molecule has 1 aliphatic rings. The van der Waals surface area contributed by atoms with E-state index in [1.807, 2.05) is 54.6 Å². The van der Waals surface area contributed by atoms with Crippen molar-refractivity contribution in [3.8, 4) is 11.5 Å². The highest BCUT2D eigenvalue weighted by molar-refractivity contribution is 6.14. The van der Waals surface area contributed by atoms with Crippen LogP contribution in [0.15, 0.2) is 65.3 Å². The minimum absolute atomic E-state index is 0.218. The van der Waals surface area contributed by atoms with Crippen molar-refractivity contribution in [1.29, 1.82) is 0 Å². The maximum Gasteiger partial charge on any atom is 0.275 e. The Morgan fingerprint density at radius 3 is 2.48 bits per heavy atom. The van der Waals surface area contributed by atoms with Crippen molar-refractivity contribution in [3.63, 3.8) is 0 Å². The number of para-hydroxylation sites is 1. The van der Waals surface area contributed by atoms with E-state index in [1.165, 1.54) is 0 Å². The van der Waals surface area contributed by atoms with Gasteiger partial charge in [0, 0.05) is 0 Å². The van der Waals surface area contributed by atoms with E-state index >= 15 is 0 Å². The molecule has 0 saturated carbocycles. The van der Waals surface area contributed by atoms with Crippen LogP contribution >= 0.6 is 0 Å². The number of carbonyl (C=O) groups excluding carboxylic acids is 1. The molecule has 0 atom stereocenters. The molecule has 2 aromatic carbocycles. The quantitative estimate of drug-likeness (QED) is 0.864. The van der Waals surface area contributed by atoms with Crippen LogP contribution < -0.4 is 14.8 Å². The van der Waals surface area contributed by atoms with Crippen molar-refractivity contribution in [1.82, 2.24) is 5.32 Å². The molecule has 1 aliphatic heterocycles. The van der Waals surface area contributed by atoms with Crippen LogP contribution in [0.2, 0.25) is 0 Å². The van der Waals surface area contributed by atoms with Gasteiger partial charge in [-0.3, -0.25) is 4.79 Å². The first kappa shape index (κ1) is 14.8. The van der Waals surface area contributed by atoms with Crippen molar-refractivity contribution in [2.45, 2.75) is 0 Å². The van der Waals surface area contributed by atoms with Crippen LogP contribution in [0.5, 0.6) is 11.5 Å². The molecule has 23 heavy (non-hydrogen) atoms. The number of carbonyl (C=O) groups is 1. The molecule has 0 radical (unpaired) electrons. The second-order valence-electron chi connectivity index (χ2n) is 4.92. The molecule has 2 aromatic rings. The molecule has 0 aliphatic carbocycles. The average molecular weight is 308 g/mol. The summed E-state index contributed by atoms with van der Waals surface area (Å²) in [5, 5.41) is 2.71. The van der Waals surface area contributed by atoms with Crippen LogP contribution in [0.25, 0.3) is 6.08 Å². The second kappa shape index (κ2) is 6.79. The topological polar surface area (TPSA) is 59.9 Å². The summed E-state index contributed by atoms with van der Waals surface area (Å²) in [5.41, 5.74) is 1.24. The zero-order chi connectivity index (χ0) is 16.1. The number of amidine groups is 1. The predicted molar refractivity (Wildman–Crippen MR) is 88.5 cm³/mol. The van der Waals surface area contributed by atoms with Gasteiger partial charge in [-0.2, -0.15) is 0 Å². The van der Waals surface area contributed by atoms with Crippen molar-refractivity contribution in [3.05, 3.63) is 65.9 Å². The van der Waals surface area contributed by atoms with Crippen molar-refractivity contribution in [2.75, 3.05) is 13.7 Å². The van der Waals surface area contributed by atoms with Gasteiger partial charge >= 0.3 is 0 Å². The van der Waals surface area contributed by atoms with Crippen molar-refractivity contribution >= 4 is 17.8 Å². The first-order valence-electron chi connectivity index (χ1n) is 7.17. The van der Waals surface area contributed by atoms with E-state index in [4.69, 9.17) is 9.47 Å². The normalized spacial score (nSPS) is 15.3. The highest BCUT2D eigenvalue weighted by Crippen LogP contribution is 2.16. The van der Waals surface area contributed by atoms with Gasteiger partial charge in [0.15, 0.2) is 0 Å². The molecule has 0 spiro atoms. The van der Waals surface area contributed by atoms with Gasteiger partial charge < -0.3 is 14.8 Å². The maximum absolute atomic E-state index is 11.9. The third-order valence-electron chi connectivity index (χ3n) is 3.28. The second-order valence-corrected chi connectivity index (χ2v) is 4.92. The lowest BCUT2D eigenvalue weighted by Crippen LogP contribution is -2.28. The predicted octanol–water partition coefficient (Wildman–Crippen LogP) is 2.64. The number of nitrogens with zero attached hydrogens (tertiary/aromatic N) is 1. The van der Waals surface area contributed by atoms with Crippen molar-refractivity contribution in [2.24, 2.45) is 4.99 Å². The van der Waals surface area contributed by atoms with Crippen LogP contribution in [-0.2, 0) is 4.79 Å². The molecule has 1 N–H and O–H groups in total. The Hall–Kier alpha value is -3.08. The maximum atomic E-state index is 11.9. The van der Waals surface area contributed by atoms with E-state index in [-0.39, 0.29) is 12.5 Å². The number of methoxy groups -OCH3 is 1. The van der Waals surface area contributed by atoms with Crippen molar-refractivity contribution < 1.29 is 14.3 Å². The van der Waals surface area contributed by atoms with E-state index in [9.17, 15) is 4.79 Å². The summed E-state index contributed by atoms with van der Waals surface area (Å²) in [5.74, 6) is 1.77. The lowest BCUT2D eigenvalue weighted by atomic mass is 10.2. The minimum Gasteiger partial charge on any atom is -0.497 e. The van der Waals surface area contributed by atoms with E-state index in [1.54, 1.807) is 13.2 Å². The largest absolute Gasteiger partial charge is 0.497 e. The van der Waals surface area contributed by atoms with Gasteiger partial charge in [-0.05, 0) is 35.9 Å². The first-order valence-corrected chi connectivity index (χ1v) is 7.17. The first-order chi connectivity index (χ1) is 11.2. The van der Waals surface area contributed by atoms with Gasteiger partial charge in [-0.1, -0.05) is 30.3 Å². The minimum atomic E-state index is -0.229. The van der Waals surface area contributed by atoms with Gasteiger partial charge in [-0.25, -0.2) is 4.99 Å². The number of rotatable bonds is 5. The van der Waals surface area contributed by atoms with E-state index in [2.05, 4.69) is 10.3 Å². The fourth-order valence-electron chi connectivity index (χ4n) is 2.11. The Morgan fingerprint density at radius 1 is 1.04 bits per heavy atom. The average Bonchev–Trinajstić information content (AvgIpc) is 2.94. The highest BCUT2D eigenvalue weighted by atomic mass is 16.5. The molecule has 3 rings (SSSR count). The SMILES string of the molecule is COc1ccc(/C=C2/N=C(COc3ccccc3)NC2=O)cc1. The summed E-state index contributed by atoms with van der Waals surface area (Å²) in [6.07, 6.45) is 1.73. The fourth-order valence-corrected chi connectivity index (χ4v) is 2.11. The Bertz CT molecular complexity index is 750. The molecule has 1 heterocycles. The molecule has 5 nitrogen and oxygen atoms in total. The molecular formula is C18H16N2O3. The zero-order valence-electron chi connectivity index (χ0n) is 12.7. The third kappa shape index (κ3) is 3.77. The highest BCUT2D eigenvalue weighted by Gasteiger charge is 2.20. The van der Waals surface area contributed by atoms with Crippen LogP contribution in [0.1, 0.15) is 5.56 Å². The monoisotopic (exact) mass is 308 g/mol. The van der Waals surface area contributed by atoms with E-state index in [0.29, 0.717) is 11.5 Å². The van der Waals surface area contributed by atoms with Gasteiger partial charge in [0.1, 0.15) is 29.6 Å². The Kier molecular flexibility index (Phi) is 4.38.